The van der Waals surface area contributed by atoms with E-state index >= 15 is 0 Å². The molecule has 0 N–H and O–H groups in total. The van der Waals surface area contributed by atoms with Crippen LogP contribution in [0.25, 0.3) is 0 Å². The Labute approximate surface area is 112 Å². The highest BCUT2D eigenvalue weighted by Crippen LogP contribution is 2.10. The van der Waals surface area contributed by atoms with Gasteiger partial charge in [0, 0.05) is 12.3 Å². The molecule has 1 aromatic carbocycles. The molecule has 0 atom stereocenters. The predicted octanol–water partition coefficient (Wildman–Crippen LogP) is 2.76. The molecule has 2 rings (SSSR count). The molecule has 4 nitrogen and oxygen atoms in total. The van der Waals surface area contributed by atoms with Crippen molar-refractivity contribution in [2.24, 2.45) is 0 Å². The van der Waals surface area contributed by atoms with Gasteiger partial charge in [0.25, 0.3) is 0 Å². The van der Waals surface area contributed by atoms with Gasteiger partial charge in [-0.2, -0.15) is 0 Å². The molecular weight excluding hydrogens is 242 g/mol. The van der Waals surface area contributed by atoms with Crippen LogP contribution < -0.4 is 4.74 Å². The van der Waals surface area contributed by atoms with E-state index in [1.807, 2.05) is 31.2 Å². The molecule has 0 aliphatic carbocycles. The van der Waals surface area contributed by atoms with Crippen molar-refractivity contribution in [2.45, 2.75) is 13.5 Å². The van der Waals surface area contributed by atoms with Crippen LogP contribution in [0.2, 0.25) is 0 Å². The van der Waals surface area contributed by atoms with Crippen molar-refractivity contribution < 1.29 is 14.3 Å². The summed E-state index contributed by atoms with van der Waals surface area (Å²) >= 11 is 0. The maximum Gasteiger partial charge on any atom is 0.340 e. The summed E-state index contributed by atoms with van der Waals surface area (Å²) in [5, 5.41) is 0. The maximum atomic E-state index is 11.8. The highest BCUT2D eigenvalue weighted by molar-refractivity contribution is 5.89. The number of esters is 1. The summed E-state index contributed by atoms with van der Waals surface area (Å²) in [5.41, 5.74) is 2.52. The summed E-state index contributed by atoms with van der Waals surface area (Å²) in [5.74, 6) is 0.0758. The zero-order chi connectivity index (χ0) is 13.7. The lowest BCUT2D eigenvalue weighted by Gasteiger charge is -2.06. The average molecular weight is 257 g/mol. The summed E-state index contributed by atoms with van der Waals surface area (Å²) in [6.07, 6.45) is 1.44. The lowest BCUT2D eigenvalue weighted by atomic mass is 10.1. The number of ether oxygens (including phenoxy) is 2. The van der Waals surface area contributed by atoms with E-state index in [0.29, 0.717) is 11.4 Å². The number of pyridine rings is 1. The Hall–Kier alpha value is -2.36. The van der Waals surface area contributed by atoms with Crippen LogP contribution in [0.1, 0.15) is 21.5 Å². The molecule has 0 aliphatic rings. The number of carbonyl (C=O) groups is 1. The van der Waals surface area contributed by atoms with Crippen molar-refractivity contribution in [3.63, 3.8) is 0 Å². The smallest absolute Gasteiger partial charge is 0.340 e. The van der Waals surface area contributed by atoms with Crippen LogP contribution in [0.5, 0.6) is 5.88 Å². The maximum absolute atomic E-state index is 11.8. The highest BCUT2D eigenvalue weighted by Gasteiger charge is 2.08. The van der Waals surface area contributed by atoms with Crippen molar-refractivity contribution in [1.82, 2.24) is 4.98 Å². The van der Waals surface area contributed by atoms with Gasteiger partial charge in [-0.15, -0.1) is 0 Å². The molecule has 0 unspecified atom stereocenters. The van der Waals surface area contributed by atoms with E-state index in [9.17, 15) is 4.79 Å². The van der Waals surface area contributed by atoms with Crippen molar-refractivity contribution >= 4 is 5.97 Å². The molecule has 0 aliphatic heterocycles. The zero-order valence-corrected chi connectivity index (χ0v) is 10.9. The van der Waals surface area contributed by atoms with Crippen molar-refractivity contribution in [3.05, 3.63) is 59.3 Å². The standard InChI is InChI=1S/C15H15NO3/c1-11-4-3-5-12(8-11)10-19-15(17)13-6-7-14(18-2)16-9-13/h3-9H,10H2,1-2H3. The van der Waals surface area contributed by atoms with E-state index in [4.69, 9.17) is 9.47 Å². The molecule has 0 saturated heterocycles. The van der Waals surface area contributed by atoms with Gasteiger partial charge >= 0.3 is 5.97 Å². The van der Waals surface area contributed by atoms with Crippen LogP contribution >= 0.6 is 0 Å². The van der Waals surface area contributed by atoms with E-state index in [1.165, 1.54) is 13.3 Å². The number of methoxy groups -OCH3 is 1. The third-order valence-electron chi connectivity index (χ3n) is 2.63. The molecule has 4 heteroatoms. The van der Waals surface area contributed by atoms with E-state index in [2.05, 4.69) is 4.98 Å². The molecule has 19 heavy (non-hydrogen) atoms. The fourth-order valence-electron chi connectivity index (χ4n) is 1.66. The number of aromatic nitrogens is 1. The Morgan fingerprint density at radius 3 is 2.74 bits per heavy atom. The SMILES string of the molecule is COc1ccc(C(=O)OCc2cccc(C)c2)cn1. The van der Waals surface area contributed by atoms with Gasteiger partial charge in [0.15, 0.2) is 0 Å². The van der Waals surface area contributed by atoms with Crippen LogP contribution in [0.4, 0.5) is 0 Å². The van der Waals surface area contributed by atoms with Crippen molar-refractivity contribution in [2.75, 3.05) is 7.11 Å². The van der Waals surface area contributed by atoms with E-state index in [-0.39, 0.29) is 6.61 Å². The minimum absolute atomic E-state index is 0.256. The van der Waals surface area contributed by atoms with Crippen LogP contribution in [0.15, 0.2) is 42.6 Å². The van der Waals surface area contributed by atoms with Gasteiger partial charge in [-0.1, -0.05) is 29.8 Å². The summed E-state index contributed by atoms with van der Waals surface area (Å²) in [6.45, 7) is 2.26. The van der Waals surface area contributed by atoms with Gasteiger partial charge in [-0.05, 0) is 18.6 Å². The van der Waals surface area contributed by atoms with Crippen LogP contribution in [0, 0.1) is 6.92 Å². The highest BCUT2D eigenvalue weighted by atomic mass is 16.5. The fourth-order valence-corrected chi connectivity index (χ4v) is 1.66. The summed E-state index contributed by atoms with van der Waals surface area (Å²) < 4.78 is 10.2. The quantitative estimate of drug-likeness (QED) is 0.790. The predicted molar refractivity (Wildman–Crippen MR) is 71.1 cm³/mol. The molecule has 0 radical (unpaired) electrons. The third-order valence-corrected chi connectivity index (χ3v) is 2.63. The van der Waals surface area contributed by atoms with E-state index in [1.54, 1.807) is 12.1 Å². The van der Waals surface area contributed by atoms with Gasteiger partial charge in [0.05, 0.1) is 12.7 Å². The average Bonchev–Trinajstić information content (AvgIpc) is 2.45. The van der Waals surface area contributed by atoms with Gasteiger partial charge in [0.1, 0.15) is 6.61 Å². The minimum atomic E-state index is -0.392. The van der Waals surface area contributed by atoms with Crippen molar-refractivity contribution in [3.8, 4) is 5.88 Å². The normalized spacial score (nSPS) is 10.0. The summed E-state index contributed by atoms with van der Waals surface area (Å²) in [6, 6.07) is 11.1. The number of benzene rings is 1. The number of hydrogen-bond donors (Lipinski definition) is 0. The Balaban J connectivity index is 1.97. The number of nitrogens with zero attached hydrogens (tertiary/aromatic N) is 1. The molecule has 0 amide bonds. The summed E-state index contributed by atoms with van der Waals surface area (Å²) in [4.78, 5) is 15.8. The molecule has 1 heterocycles. The topological polar surface area (TPSA) is 48.4 Å². The third kappa shape index (κ3) is 3.55. The molecule has 0 saturated carbocycles. The monoisotopic (exact) mass is 257 g/mol. The molecule has 2 aromatic rings. The Morgan fingerprint density at radius 2 is 2.11 bits per heavy atom. The van der Waals surface area contributed by atoms with Crippen LogP contribution in [-0.2, 0) is 11.3 Å². The van der Waals surface area contributed by atoms with Gasteiger partial charge in [-0.3, -0.25) is 0 Å². The molecule has 98 valence electrons. The van der Waals surface area contributed by atoms with E-state index in [0.717, 1.165) is 11.1 Å². The molecule has 0 fully saturated rings. The second-order valence-electron chi connectivity index (χ2n) is 4.15. The molecule has 1 aromatic heterocycles. The second-order valence-corrected chi connectivity index (χ2v) is 4.15. The molecule has 0 spiro atoms. The summed E-state index contributed by atoms with van der Waals surface area (Å²) in [7, 11) is 1.53. The molecular formula is C15H15NO3. The van der Waals surface area contributed by atoms with Gasteiger partial charge in [-0.25, -0.2) is 9.78 Å². The number of carbonyl (C=O) groups excluding carboxylic acids is 1. The van der Waals surface area contributed by atoms with Crippen LogP contribution in [-0.4, -0.2) is 18.1 Å². The number of hydrogen-bond acceptors (Lipinski definition) is 4. The first-order chi connectivity index (χ1) is 9.19. The minimum Gasteiger partial charge on any atom is -0.481 e. The van der Waals surface area contributed by atoms with Crippen LogP contribution in [0.3, 0.4) is 0 Å². The second kappa shape index (κ2) is 6.00. The van der Waals surface area contributed by atoms with Crippen molar-refractivity contribution in [1.29, 1.82) is 0 Å². The Kier molecular flexibility index (Phi) is 4.13. The Morgan fingerprint density at radius 1 is 1.26 bits per heavy atom. The first-order valence-electron chi connectivity index (χ1n) is 5.92. The Bertz CT molecular complexity index is 564. The number of aryl methyl sites for hydroxylation is 1. The largest absolute Gasteiger partial charge is 0.481 e. The lowest BCUT2D eigenvalue weighted by molar-refractivity contribution is 0.0472. The zero-order valence-electron chi connectivity index (χ0n) is 10.9. The number of rotatable bonds is 4. The van der Waals surface area contributed by atoms with E-state index < -0.39 is 5.97 Å². The van der Waals surface area contributed by atoms with Gasteiger partial charge in [0.2, 0.25) is 5.88 Å². The molecule has 0 bridgehead atoms. The first kappa shape index (κ1) is 13.1. The first-order valence-corrected chi connectivity index (χ1v) is 5.92. The van der Waals surface area contributed by atoms with Gasteiger partial charge < -0.3 is 9.47 Å². The fraction of sp³-hybridized carbons (Fsp3) is 0.200. The lowest BCUT2D eigenvalue weighted by Crippen LogP contribution is -2.06.